The number of furan rings is 1. The summed E-state index contributed by atoms with van der Waals surface area (Å²) >= 11 is 0. The summed E-state index contributed by atoms with van der Waals surface area (Å²) in [5.41, 5.74) is 0.990. The van der Waals surface area contributed by atoms with E-state index in [-0.39, 0.29) is 30.2 Å². The van der Waals surface area contributed by atoms with Gasteiger partial charge in [-0.2, -0.15) is 0 Å². The first kappa shape index (κ1) is 16.8. The zero-order valence-corrected chi connectivity index (χ0v) is 13.6. The highest BCUT2D eigenvalue weighted by molar-refractivity contribution is 5.92. The summed E-state index contributed by atoms with van der Waals surface area (Å²) in [5.74, 6) is -0.764. The van der Waals surface area contributed by atoms with Crippen LogP contribution in [0.25, 0.3) is 0 Å². The molecule has 1 heterocycles. The van der Waals surface area contributed by atoms with E-state index in [0.717, 1.165) is 5.56 Å². The van der Waals surface area contributed by atoms with Crippen LogP contribution in [0.15, 0.2) is 53.1 Å². The fourth-order valence-corrected chi connectivity index (χ4v) is 2.44. The first-order valence-electron chi connectivity index (χ1n) is 7.51. The van der Waals surface area contributed by atoms with Crippen molar-refractivity contribution >= 4 is 11.9 Å². The highest BCUT2D eigenvalue weighted by Gasteiger charge is 2.28. The lowest BCUT2D eigenvalue weighted by atomic mass is 10.0. The number of nitrogens with zero attached hydrogens (tertiary/aromatic N) is 1. The largest absolute Gasteiger partial charge is 0.469 e. The summed E-state index contributed by atoms with van der Waals surface area (Å²) in [6, 6.07) is 12.8. The first-order valence-corrected chi connectivity index (χ1v) is 7.51. The Morgan fingerprint density at radius 1 is 1.13 bits per heavy atom. The number of benzene rings is 1. The number of amides is 1. The normalized spacial score (nSPS) is 13.2. The van der Waals surface area contributed by atoms with Gasteiger partial charge in [-0.3, -0.25) is 9.59 Å². The molecule has 0 spiro atoms. The van der Waals surface area contributed by atoms with E-state index in [1.54, 1.807) is 24.0 Å². The van der Waals surface area contributed by atoms with Crippen LogP contribution in [0.1, 0.15) is 36.0 Å². The van der Waals surface area contributed by atoms with Gasteiger partial charge in [0.2, 0.25) is 0 Å². The van der Waals surface area contributed by atoms with Crippen molar-refractivity contribution in [1.82, 2.24) is 4.90 Å². The maximum atomic E-state index is 12.7. The Morgan fingerprint density at radius 3 is 2.39 bits per heavy atom. The minimum atomic E-state index is -0.426. The van der Waals surface area contributed by atoms with Crippen molar-refractivity contribution in [3.63, 3.8) is 0 Å². The molecular weight excluding hydrogens is 294 g/mol. The van der Waals surface area contributed by atoms with Gasteiger partial charge in [-0.25, -0.2) is 0 Å². The van der Waals surface area contributed by atoms with Crippen molar-refractivity contribution in [3.8, 4) is 0 Å². The summed E-state index contributed by atoms with van der Waals surface area (Å²) in [6.45, 7) is 3.93. The number of ether oxygens (including phenoxy) is 1. The molecule has 122 valence electrons. The van der Waals surface area contributed by atoms with Crippen LogP contribution >= 0.6 is 0 Å². The van der Waals surface area contributed by atoms with E-state index in [0.29, 0.717) is 0 Å². The van der Waals surface area contributed by atoms with Crippen molar-refractivity contribution in [1.29, 1.82) is 0 Å². The lowest BCUT2D eigenvalue weighted by Gasteiger charge is -2.30. The summed E-state index contributed by atoms with van der Waals surface area (Å²) in [5, 5.41) is 0. The third-order valence-corrected chi connectivity index (χ3v) is 3.82. The molecule has 2 unspecified atom stereocenters. The quantitative estimate of drug-likeness (QED) is 0.768. The van der Waals surface area contributed by atoms with Crippen LogP contribution < -0.4 is 0 Å². The Labute approximate surface area is 135 Å². The second kappa shape index (κ2) is 7.63. The number of hydrogen-bond acceptors (Lipinski definition) is 4. The lowest BCUT2D eigenvalue weighted by molar-refractivity contribution is -0.145. The van der Waals surface area contributed by atoms with Crippen LogP contribution in [0, 0.1) is 5.92 Å². The van der Waals surface area contributed by atoms with Crippen molar-refractivity contribution in [2.24, 2.45) is 5.92 Å². The Hall–Kier alpha value is -2.56. The maximum Gasteiger partial charge on any atom is 0.310 e. The minimum absolute atomic E-state index is 0.194. The third kappa shape index (κ3) is 4.00. The Balaban J connectivity index is 2.27. The fourth-order valence-electron chi connectivity index (χ4n) is 2.44. The van der Waals surface area contributed by atoms with E-state index in [1.807, 2.05) is 37.3 Å². The van der Waals surface area contributed by atoms with E-state index < -0.39 is 5.92 Å². The molecule has 0 aliphatic carbocycles. The predicted octanol–water partition coefficient (Wildman–Crippen LogP) is 3.29. The second-order valence-corrected chi connectivity index (χ2v) is 5.45. The molecule has 2 aromatic rings. The topological polar surface area (TPSA) is 59.8 Å². The molecule has 0 saturated carbocycles. The molecule has 0 aliphatic rings. The van der Waals surface area contributed by atoms with Gasteiger partial charge in [-0.15, -0.1) is 0 Å². The molecule has 1 aromatic carbocycles. The molecule has 5 heteroatoms. The average molecular weight is 315 g/mol. The van der Waals surface area contributed by atoms with Gasteiger partial charge in [-0.05, 0) is 24.6 Å². The molecule has 1 aromatic heterocycles. The van der Waals surface area contributed by atoms with Crippen LogP contribution in [0.3, 0.4) is 0 Å². The molecule has 2 atom stereocenters. The van der Waals surface area contributed by atoms with Crippen molar-refractivity contribution in [3.05, 3.63) is 60.1 Å². The van der Waals surface area contributed by atoms with Crippen LogP contribution in [-0.4, -0.2) is 30.4 Å². The molecule has 0 radical (unpaired) electrons. The van der Waals surface area contributed by atoms with Crippen LogP contribution in [0.4, 0.5) is 0 Å². The first-order chi connectivity index (χ1) is 11.0. The molecule has 5 nitrogen and oxygen atoms in total. The number of carbonyl (C=O) groups is 2. The molecule has 0 saturated heterocycles. The molecule has 0 N–H and O–H groups in total. The van der Waals surface area contributed by atoms with Gasteiger partial charge in [0, 0.05) is 6.54 Å². The van der Waals surface area contributed by atoms with Gasteiger partial charge in [0.1, 0.15) is 0 Å². The molecule has 23 heavy (non-hydrogen) atoms. The van der Waals surface area contributed by atoms with Gasteiger partial charge < -0.3 is 14.1 Å². The molecule has 0 fully saturated rings. The van der Waals surface area contributed by atoms with Gasteiger partial charge in [0.05, 0.1) is 25.3 Å². The summed E-state index contributed by atoms with van der Waals surface area (Å²) < 4.78 is 9.99. The van der Waals surface area contributed by atoms with Crippen molar-refractivity contribution in [2.45, 2.75) is 19.9 Å². The number of rotatable bonds is 6. The van der Waals surface area contributed by atoms with Crippen molar-refractivity contribution < 1.29 is 18.7 Å². The highest BCUT2D eigenvalue weighted by Crippen LogP contribution is 2.24. The van der Waals surface area contributed by atoms with E-state index in [4.69, 9.17) is 9.15 Å². The second-order valence-electron chi connectivity index (χ2n) is 5.45. The van der Waals surface area contributed by atoms with Gasteiger partial charge in [0.25, 0.3) is 5.91 Å². The maximum absolute atomic E-state index is 12.7. The highest BCUT2D eigenvalue weighted by atomic mass is 16.5. The Morgan fingerprint density at radius 2 is 1.83 bits per heavy atom. The number of hydrogen-bond donors (Lipinski definition) is 0. The van der Waals surface area contributed by atoms with Gasteiger partial charge in [0.15, 0.2) is 5.76 Å². The van der Waals surface area contributed by atoms with Crippen LogP contribution in [0.2, 0.25) is 0 Å². The van der Waals surface area contributed by atoms with Gasteiger partial charge >= 0.3 is 5.97 Å². The molecule has 2 rings (SSSR count). The molecule has 1 amide bonds. The monoisotopic (exact) mass is 315 g/mol. The summed E-state index contributed by atoms with van der Waals surface area (Å²) in [7, 11) is 1.35. The zero-order valence-electron chi connectivity index (χ0n) is 13.6. The third-order valence-electron chi connectivity index (χ3n) is 3.82. The number of carbonyl (C=O) groups excluding carboxylic acids is 2. The van der Waals surface area contributed by atoms with Crippen molar-refractivity contribution in [2.75, 3.05) is 13.7 Å². The smallest absolute Gasteiger partial charge is 0.310 e. The number of esters is 1. The molecular formula is C18H21NO4. The van der Waals surface area contributed by atoms with E-state index in [2.05, 4.69) is 0 Å². The fraction of sp³-hybridized carbons (Fsp3) is 0.333. The predicted molar refractivity (Wildman–Crippen MR) is 85.8 cm³/mol. The SMILES string of the molecule is COC(=O)C(C)CN(C(=O)c1ccco1)C(C)c1ccccc1. The Bertz CT molecular complexity index is 636. The molecule has 0 bridgehead atoms. The minimum Gasteiger partial charge on any atom is -0.469 e. The Kier molecular flexibility index (Phi) is 5.57. The van der Waals surface area contributed by atoms with E-state index >= 15 is 0 Å². The summed E-state index contributed by atoms with van der Waals surface area (Å²) in [4.78, 5) is 26.1. The standard InChI is InChI=1S/C18H21NO4/c1-13(18(21)22-3)12-19(17(20)16-10-7-11-23-16)14(2)15-8-5-4-6-9-15/h4-11,13-14H,12H2,1-3H3. The zero-order chi connectivity index (χ0) is 16.8. The van der Waals surface area contributed by atoms with Crippen LogP contribution in [-0.2, 0) is 9.53 Å². The van der Waals surface area contributed by atoms with E-state index in [9.17, 15) is 9.59 Å². The lowest BCUT2D eigenvalue weighted by Crippen LogP contribution is -2.39. The average Bonchev–Trinajstić information content (AvgIpc) is 3.12. The summed E-state index contributed by atoms with van der Waals surface area (Å²) in [6.07, 6.45) is 1.46. The van der Waals surface area contributed by atoms with Crippen LogP contribution in [0.5, 0.6) is 0 Å². The van der Waals surface area contributed by atoms with Gasteiger partial charge in [-0.1, -0.05) is 37.3 Å². The number of methoxy groups -OCH3 is 1. The molecule has 0 aliphatic heterocycles. The van der Waals surface area contributed by atoms with E-state index in [1.165, 1.54) is 13.4 Å².